The number of aliphatic carboxylic acids is 1. The molecule has 7 aliphatic heterocycles. The molecule has 0 aromatic carbocycles. The summed E-state index contributed by atoms with van der Waals surface area (Å²) in [5.74, 6) is -7.65. The average molecular weight is 873 g/mol. The molecule has 0 bridgehead atoms. The summed E-state index contributed by atoms with van der Waals surface area (Å²) in [6.45, 7) is 17.3. The van der Waals surface area contributed by atoms with Crippen molar-refractivity contribution in [3.63, 3.8) is 0 Å². The van der Waals surface area contributed by atoms with Crippen molar-refractivity contribution in [3.8, 4) is 0 Å². The van der Waals surface area contributed by atoms with Gasteiger partial charge in [0.2, 0.25) is 0 Å². The number of carbonyl (C=O) groups is 1. The summed E-state index contributed by atoms with van der Waals surface area (Å²) in [6.07, 6.45) is -2.26. The van der Waals surface area contributed by atoms with E-state index in [0.29, 0.717) is 38.5 Å². The van der Waals surface area contributed by atoms with Gasteiger partial charge in [0.25, 0.3) is 0 Å². The molecule has 352 valence electrons. The third kappa shape index (κ3) is 9.09. The van der Waals surface area contributed by atoms with Gasteiger partial charge >= 0.3 is 5.97 Å². The number of aliphatic hydroxyl groups excluding tert-OH is 2. The van der Waals surface area contributed by atoms with E-state index in [-0.39, 0.29) is 54.9 Å². The number of hydrogen-bond acceptors (Lipinski definition) is 15. The molecule has 7 heterocycles. The van der Waals surface area contributed by atoms with Crippen LogP contribution in [0.3, 0.4) is 0 Å². The maximum atomic E-state index is 11.8. The zero-order chi connectivity index (χ0) is 44.6. The van der Waals surface area contributed by atoms with E-state index in [2.05, 4.69) is 13.8 Å². The second kappa shape index (κ2) is 17.6. The summed E-state index contributed by atoms with van der Waals surface area (Å²) in [6, 6.07) is 0. The summed E-state index contributed by atoms with van der Waals surface area (Å²) in [4.78, 5) is 11.8. The zero-order valence-corrected chi connectivity index (χ0v) is 38.2. The van der Waals surface area contributed by atoms with Gasteiger partial charge in [0, 0.05) is 63.6 Å². The Kier molecular flexibility index (Phi) is 13.8. The van der Waals surface area contributed by atoms with E-state index in [1.54, 1.807) is 14.0 Å². The number of ether oxygens (including phenoxy) is 10. The Balaban J connectivity index is 1.08. The Morgan fingerprint density at radius 3 is 2.20 bits per heavy atom. The fourth-order valence-corrected chi connectivity index (χ4v) is 12.0. The normalized spacial score (nSPS) is 54.9. The van der Waals surface area contributed by atoms with E-state index in [1.807, 2.05) is 34.6 Å². The molecule has 1 spiro atoms. The van der Waals surface area contributed by atoms with E-state index >= 15 is 0 Å². The van der Waals surface area contributed by atoms with Gasteiger partial charge in [-0.15, -0.1) is 0 Å². The predicted octanol–water partition coefficient (Wildman–Crippen LogP) is 4.04. The molecule has 5 N–H and O–H groups in total. The van der Waals surface area contributed by atoms with Crippen molar-refractivity contribution in [1.82, 2.24) is 0 Å². The molecule has 7 fully saturated rings. The lowest BCUT2D eigenvalue weighted by atomic mass is 9.75. The van der Waals surface area contributed by atoms with Crippen molar-refractivity contribution in [2.45, 2.75) is 235 Å². The van der Waals surface area contributed by atoms with Crippen LogP contribution < -0.4 is 0 Å². The minimum absolute atomic E-state index is 0.00446. The first-order valence-electron chi connectivity index (χ1n) is 22.9. The Bertz CT molecular complexity index is 1530. The lowest BCUT2D eigenvalue weighted by Gasteiger charge is -2.53. The van der Waals surface area contributed by atoms with Crippen LogP contribution in [0.15, 0.2) is 0 Å². The monoisotopic (exact) mass is 873 g/mol. The summed E-state index contributed by atoms with van der Waals surface area (Å²) in [5.41, 5.74) is -1.57. The van der Waals surface area contributed by atoms with Gasteiger partial charge in [0.05, 0.1) is 78.7 Å². The molecule has 0 radical (unpaired) electrons. The lowest BCUT2D eigenvalue weighted by molar-refractivity contribution is -0.363. The van der Waals surface area contributed by atoms with Gasteiger partial charge in [0.15, 0.2) is 23.7 Å². The summed E-state index contributed by atoms with van der Waals surface area (Å²) in [5, 5.41) is 55.1. The highest BCUT2D eigenvalue weighted by molar-refractivity contribution is 5.68. The van der Waals surface area contributed by atoms with E-state index < -0.39 is 102 Å². The van der Waals surface area contributed by atoms with Crippen LogP contribution in [0.2, 0.25) is 0 Å². The first-order valence-corrected chi connectivity index (χ1v) is 22.9. The minimum Gasteiger partial charge on any atom is -0.481 e. The Morgan fingerprint density at radius 2 is 1.54 bits per heavy atom. The molecule has 0 aromatic heterocycles. The fourth-order valence-electron chi connectivity index (χ4n) is 12.0. The van der Waals surface area contributed by atoms with Crippen LogP contribution in [0.1, 0.15) is 127 Å². The number of aliphatic hydroxyl groups is 4. The van der Waals surface area contributed by atoms with E-state index in [4.69, 9.17) is 47.4 Å². The van der Waals surface area contributed by atoms with Crippen LogP contribution in [-0.2, 0) is 52.2 Å². The van der Waals surface area contributed by atoms with Crippen LogP contribution in [0.4, 0.5) is 0 Å². The van der Waals surface area contributed by atoms with E-state index in [9.17, 15) is 30.3 Å². The largest absolute Gasteiger partial charge is 0.481 e. The van der Waals surface area contributed by atoms with Crippen molar-refractivity contribution in [3.05, 3.63) is 0 Å². The smallest absolute Gasteiger partial charge is 0.308 e. The third-order valence-corrected chi connectivity index (χ3v) is 16.2. The highest BCUT2D eigenvalue weighted by atomic mass is 16.7. The van der Waals surface area contributed by atoms with Gasteiger partial charge < -0.3 is 72.9 Å². The van der Waals surface area contributed by atoms with Crippen molar-refractivity contribution < 1.29 is 77.7 Å². The van der Waals surface area contributed by atoms with Crippen LogP contribution in [0.5, 0.6) is 0 Å². The summed E-state index contributed by atoms with van der Waals surface area (Å²) >= 11 is 0. The molecule has 7 aliphatic rings. The van der Waals surface area contributed by atoms with Crippen molar-refractivity contribution in [1.29, 1.82) is 0 Å². The number of rotatable bonds is 11. The minimum atomic E-state index is -2.15. The molecule has 16 heteroatoms. The SMILES string of the molecule is CO[C@@H]1[C@@H](O)[C@H](C)[C@@](O)(CC(=O)O)O[C@H]1[C@H](C)[C@H]1O[C@]2(CC[C@@](C)([C@H]3CC[C@](C)([C@@H]4O[C@@H]([C@H]5O[C@](C)(O)[C@H](C)C[C@@H]5C)C[C@@H]4O[C@H]4CC[C@H](OC)[C@@H](C)O4)O3)O2)C[C@@H](O)[C@H]1C. The molecule has 0 amide bonds. The van der Waals surface area contributed by atoms with Crippen molar-refractivity contribution >= 4 is 5.97 Å². The molecule has 0 saturated carbocycles. The molecule has 7 rings (SSSR count). The van der Waals surface area contributed by atoms with Gasteiger partial charge in [-0.1, -0.05) is 34.6 Å². The molecular formula is C45H76O16. The fraction of sp³-hybridized carbons (Fsp3) is 0.978. The molecular weight excluding hydrogens is 796 g/mol. The molecule has 7 saturated heterocycles. The maximum absolute atomic E-state index is 11.8. The summed E-state index contributed by atoms with van der Waals surface area (Å²) < 4.78 is 65.1. The Labute approximate surface area is 361 Å². The number of carboxylic acids is 1. The first kappa shape index (κ1) is 47.9. The maximum Gasteiger partial charge on any atom is 0.308 e. The van der Waals surface area contributed by atoms with E-state index in [0.717, 1.165) is 12.8 Å². The number of carboxylic acid groups (broad SMARTS) is 1. The molecule has 16 nitrogen and oxygen atoms in total. The molecule has 0 unspecified atom stereocenters. The van der Waals surface area contributed by atoms with Crippen molar-refractivity contribution in [2.24, 2.45) is 29.6 Å². The van der Waals surface area contributed by atoms with Gasteiger partial charge in [-0.25, -0.2) is 0 Å². The van der Waals surface area contributed by atoms with Crippen LogP contribution >= 0.6 is 0 Å². The van der Waals surface area contributed by atoms with Gasteiger partial charge in [-0.05, 0) is 65.7 Å². The lowest BCUT2D eigenvalue weighted by Crippen LogP contribution is -2.65. The third-order valence-electron chi connectivity index (χ3n) is 16.2. The molecule has 23 atom stereocenters. The highest BCUT2D eigenvalue weighted by Gasteiger charge is 2.63. The second-order valence-electron chi connectivity index (χ2n) is 20.7. The first-order chi connectivity index (χ1) is 28.5. The Hall–Kier alpha value is -1.09. The van der Waals surface area contributed by atoms with Gasteiger partial charge in [0.1, 0.15) is 12.2 Å². The topological polar surface area (TPSA) is 211 Å². The average Bonchev–Trinajstić information content (AvgIpc) is 3.89. The molecule has 61 heavy (non-hydrogen) atoms. The predicted molar refractivity (Wildman–Crippen MR) is 217 cm³/mol. The number of hydrogen-bond donors (Lipinski definition) is 5. The van der Waals surface area contributed by atoms with Crippen molar-refractivity contribution in [2.75, 3.05) is 14.2 Å². The van der Waals surface area contributed by atoms with Crippen LogP contribution in [0, 0.1) is 29.6 Å². The quantitative estimate of drug-likeness (QED) is 0.198. The standard InChI is InChI=1S/C45H76O16/c1-22-18-23(2)43(9,50)58-36(22)30-19-31(55-34-13-12-29(52-10)27(6)54-34)40(56-30)42(8)15-14-32(57-42)41(7)16-17-44(61-41)20-28(46)24(3)37(59-44)25(4)38-39(53-11)35(49)26(5)45(51,60-38)21-33(47)48/h22-32,34-40,46,49-51H,12-21H2,1-11H3,(H,47,48)/t22-,23+,24+,25+,26-,27+,28+,29-,30+,31-,32+,34-,35-,36-,37-,38-,39+,40+,41-,42+,43-,44-,45+/m0/s1. The van der Waals surface area contributed by atoms with Crippen LogP contribution in [-0.4, -0.2) is 154 Å². The zero-order valence-electron chi connectivity index (χ0n) is 38.2. The molecule has 0 aromatic rings. The van der Waals surface area contributed by atoms with Gasteiger partial charge in [-0.3, -0.25) is 4.79 Å². The van der Waals surface area contributed by atoms with Crippen LogP contribution in [0.25, 0.3) is 0 Å². The van der Waals surface area contributed by atoms with Gasteiger partial charge in [-0.2, -0.15) is 0 Å². The Morgan fingerprint density at radius 1 is 0.820 bits per heavy atom. The molecule has 0 aliphatic carbocycles. The second-order valence-corrected chi connectivity index (χ2v) is 20.7. The highest BCUT2D eigenvalue weighted by Crippen LogP contribution is 2.54. The van der Waals surface area contributed by atoms with E-state index in [1.165, 1.54) is 14.0 Å². The summed E-state index contributed by atoms with van der Waals surface area (Å²) in [7, 11) is 3.14. The number of methoxy groups -OCH3 is 2.